The summed E-state index contributed by atoms with van der Waals surface area (Å²) in [6.45, 7) is -0.0588. The molecule has 0 aliphatic rings. The highest BCUT2D eigenvalue weighted by atomic mass is 16.5. The Kier molecular flexibility index (Phi) is 4.49. The van der Waals surface area contributed by atoms with Gasteiger partial charge in [0.05, 0.1) is 19.8 Å². The summed E-state index contributed by atoms with van der Waals surface area (Å²) in [6, 6.07) is 9.06. The van der Waals surface area contributed by atoms with Gasteiger partial charge in [-0.25, -0.2) is 15.0 Å². The zero-order valence-corrected chi connectivity index (χ0v) is 12.6. The Balaban J connectivity index is 1.80. The van der Waals surface area contributed by atoms with Crippen molar-refractivity contribution < 1.29 is 9.84 Å². The summed E-state index contributed by atoms with van der Waals surface area (Å²) in [5.74, 6) is 2.10. The summed E-state index contributed by atoms with van der Waals surface area (Å²) in [5.41, 5.74) is 0.941. The molecule has 3 rings (SSSR count). The van der Waals surface area contributed by atoms with Crippen LogP contribution in [0.1, 0.15) is 11.6 Å². The van der Waals surface area contributed by atoms with E-state index in [2.05, 4.69) is 20.3 Å². The van der Waals surface area contributed by atoms with E-state index < -0.39 is 0 Å². The third-order valence-electron chi connectivity index (χ3n) is 3.44. The van der Waals surface area contributed by atoms with Crippen molar-refractivity contribution in [3.63, 3.8) is 0 Å². The number of benzene rings is 1. The summed E-state index contributed by atoms with van der Waals surface area (Å²) < 4.78 is 6.93. The first-order chi connectivity index (χ1) is 11.3. The maximum Gasteiger partial charge on any atom is 0.143 e. The number of nitrogens with one attached hydrogen (secondary N) is 1. The topological polar surface area (TPSA) is 85.1 Å². The molecular weight excluding hydrogens is 294 g/mol. The molecule has 0 radical (unpaired) electrons. The summed E-state index contributed by atoms with van der Waals surface area (Å²) in [4.78, 5) is 12.4. The van der Waals surface area contributed by atoms with E-state index in [9.17, 15) is 5.11 Å². The standard InChI is InChI=1S/C16H17N5O2/c1-23-13-4-2-12(3-5-13)14(9-22)20-15-8-16(19-10-18-15)21-7-6-17-11-21/h2-8,10-11,14,22H,9H2,1H3,(H,18,19,20)/t14-/m0/s1. The number of ether oxygens (including phenoxy) is 1. The second-order valence-electron chi connectivity index (χ2n) is 4.88. The van der Waals surface area contributed by atoms with E-state index in [-0.39, 0.29) is 12.6 Å². The van der Waals surface area contributed by atoms with Crippen LogP contribution in [0.5, 0.6) is 5.75 Å². The highest BCUT2D eigenvalue weighted by Gasteiger charge is 2.12. The van der Waals surface area contributed by atoms with E-state index in [1.54, 1.807) is 36.5 Å². The van der Waals surface area contributed by atoms with Crippen molar-refractivity contribution in [3.8, 4) is 11.6 Å². The molecule has 0 fully saturated rings. The molecule has 2 N–H and O–H groups in total. The number of hydrogen-bond donors (Lipinski definition) is 2. The first-order valence-corrected chi connectivity index (χ1v) is 7.12. The Bertz CT molecular complexity index is 743. The van der Waals surface area contributed by atoms with Crippen molar-refractivity contribution >= 4 is 5.82 Å². The van der Waals surface area contributed by atoms with Gasteiger partial charge in [0.2, 0.25) is 0 Å². The number of anilines is 1. The van der Waals surface area contributed by atoms with Crippen LogP contribution in [-0.4, -0.2) is 38.3 Å². The van der Waals surface area contributed by atoms with Crippen molar-refractivity contribution in [2.24, 2.45) is 0 Å². The highest BCUT2D eigenvalue weighted by Crippen LogP contribution is 2.21. The average Bonchev–Trinajstić information content (AvgIpc) is 3.15. The van der Waals surface area contributed by atoms with Crippen molar-refractivity contribution in [2.45, 2.75) is 6.04 Å². The maximum atomic E-state index is 9.67. The first kappa shape index (κ1) is 15.0. The average molecular weight is 311 g/mol. The van der Waals surface area contributed by atoms with E-state index in [1.165, 1.54) is 6.33 Å². The fourth-order valence-electron chi connectivity index (χ4n) is 2.21. The van der Waals surface area contributed by atoms with E-state index >= 15 is 0 Å². The summed E-state index contributed by atoms with van der Waals surface area (Å²) in [6.07, 6.45) is 6.63. The number of aliphatic hydroxyl groups is 1. The van der Waals surface area contributed by atoms with Crippen LogP contribution in [-0.2, 0) is 0 Å². The van der Waals surface area contributed by atoms with E-state index in [4.69, 9.17) is 4.74 Å². The predicted octanol–water partition coefficient (Wildman–Crippen LogP) is 1.82. The van der Waals surface area contributed by atoms with Gasteiger partial charge in [-0.05, 0) is 17.7 Å². The highest BCUT2D eigenvalue weighted by molar-refractivity contribution is 5.43. The Hall–Kier alpha value is -2.93. The molecular formula is C16H17N5O2. The Morgan fingerprint density at radius 3 is 2.74 bits per heavy atom. The van der Waals surface area contributed by atoms with Crippen LogP contribution < -0.4 is 10.1 Å². The fourth-order valence-corrected chi connectivity index (χ4v) is 2.21. The molecule has 1 aromatic carbocycles. The second kappa shape index (κ2) is 6.89. The van der Waals surface area contributed by atoms with Crippen LogP contribution in [0.15, 0.2) is 55.4 Å². The van der Waals surface area contributed by atoms with Crippen molar-refractivity contribution in [1.82, 2.24) is 19.5 Å². The van der Waals surface area contributed by atoms with Crippen molar-refractivity contribution in [2.75, 3.05) is 19.0 Å². The second-order valence-corrected chi connectivity index (χ2v) is 4.88. The molecule has 0 spiro atoms. The molecule has 0 aliphatic heterocycles. The molecule has 3 aromatic rings. The zero-order valence-electron chi connectivity index (χ0n) is 12.6. The molecule has 1 atom stereocenters. The lowest BCUT2D eigenvalue weighted by atomic mass is 10.1. The number of methoxy groups -OCH3 is 1. The molecule has 0 unspecified atom stereocenters. The van der Waals surface area contributed by atoms with Crippen molar-refractivity contribution in [1.29, 1.82) is 0 Å². The number of hydrogen-bond acceptors (Lipinski definition) is 6. The molecule has 0 saturated heterocycles. The van der Waals surface area contributed by atoms with Gasteiger partial charge in [-0.2, -0.15) is 0 Å². The molecule has 0 aliphatic carbocycles. The molecule has 0 amide bonds. The lowest BCUT2D eigenvalue weighted by molar-refractivity contribution is 0.276. The first-order valence-electron chi connectivity index (χ1n) is 7.12. The van der Waals surface area contributed by atoms with Crippen LogP contribution in [0.3, 0.4) is 0 Å². The fraction of sp³-hybridized carbons (Fsp3) is 0.188. The number of aliphatic hydroxyl groups excluding tert-OH is 1. The molecule has 0 saturated carbocycles. The van der Waals surface area contributed by atoms with Crippen LogP contribution in [0.2, 0.25) is 0 Å². The van der Waals surface area contributed by atoms with E-state index in [0.29, 0.717) is 11.6 Å². The van der Waals surface area contributed by atoms with E-state index in [0.717, 1.165) is 11.3 Å². The van der Waals surface area contributed by atoms with Gasteiger partial charge in [-0.1, -0.05) is 12.1 Å². The third-order valence-corrected chi connectivity index (χ3v) is 3.44. The number of rotatable bonds is 6. The molecule has 0 bridgehead atoms. The number of aromatic nitrogens is 4. The Labute approximate surface area is 133 Å². The van der Waals surface area contributed by atoms with Gasteiger partial charge >= 0.3 is 0 Å². The normalized spacial score (nSPS) is 11.9. The molecule has 7 nitrogen and oxygen atoms in total. The molecule has 23 heavy (non-hydrogen) atoms. The van der Waals surface area contributed by atoms with Gasteiger partial charge in [0.1, 0.15) is 30.0 Å². The maximum absolute atomic E-state index is 9.67. The van der Waals surface area contributed by atoms with Gasteiger partial charge in [0.25, 0.3) is 0 Å². The quantitative estimate of drug-likeness (QED) is 0.722. The molecule has 7 heteroatoms. The largest absolute Gasteiger partial charge is 0.497 e. The SMILES string of the molecule is COc1ccc([C@H](CO)Nc2cc(-n3ccnc3)ncn2)cc1. The summed E-state index contributed by atoms with van der Waals surface area (Å²) in [5, 5.41) is 12.9. The zero-order chi connectivity index (χ0) is 16.1. The van der Waals surface area contributed by atoms with Crippen LogP contribution in [0.25, 0.3) is 5.82 Å². The van der Waals surface area contributed by atoms with E-state index in [1.807, 2.05) is 24.3 Å². The van der Waals surface area contributed by atoms with Crippen LogP contribution >= 0.6 is 0 Å². The molecule has 2 heterocycles. The minimum Gasteiger partial charge on any atom is -0.497 e. The molecule has 2 aromatic heterocycles. The lowest BCUT2D eigenvalue weighted by Crippen LogP contribution is -2.16. The monoisotopic (exact) mass is 311 g/mol. The lowest BCUT2D eigenvalue weighted by Gasteiger charge is -2.18. The number of imidazole rings is 1. The van der Waals surface area contributed by atoms with Gasteiger partial charge in [0.15, 0.2) is 0 Å². The van der Waals surface area contributed by atoms with Crippen LogP contribution in [0.4, 0.5) is 5.82 Å². The Morgan fingerprint density at radius 1 is 1.26 bits per heavy atom. The van der Waals surface area contributed by atoms with Crippen LogP contribution in [0, 0.1) is 0 Å². The third kappa shape index (κ3) is 3.46. The minimum absolute atomic E-state index is 0.0588. The Morgan fingerprint density at radius 2 is 2.09 bits per heavy atom. The van der Waals surface area contributed by atoms with Gasteiger partial charge in [-0.3, -0.25) is 4.57 Å². The number of nitrogens with zero attached hydrogens (tertiary/aromatic N) is 4. The van der Waals surface area contributed by atoms with Crippen molar-refractivity contribution in [3.05, 3.63) is 60.9 Å². The summed E-state index contributed by atoms with van der Waals surface area (Å²) >= 11 is 0. The predicted molar refractivity (Wildman–Crippen MR) is 85.6 cm³/mol. The van der Waals surface area contributed by atoms with Gasteiger partial charge in [0, 0.05) is 18.5 Å². The van der Waals surface area contributed by atoms with Gasteiger partial charge in [-0.15, -0.1) is 0 Å². The smallest absolute Gasteiger partial charge is 0.143 e. The minimum atomic E-state index is -0.272. The summed E-state index contributed by atoms with van der Waals surface area (Å²) in [7, 11) is 1.62. The van der Waals surface area contributed by atoms with Gasteiger partial charge < -0.3 is 15.2 Å². The molecule has 118 valence electrons.